The summed E-state index contributed by atoms with van der Waals surface area (Å²) in [5.41, 5.74) is 1.10. The molecule has 2 heterocycles. The fourth-order valence-corrected chi connectivity index (χ4v) is 3.33. The van der Waals surface area contributed by atoms with Crippen LogP contribution in [0, 0.1) is 12.8 Å². The van der Waals surface area contributed by atoms with Crippen molar-refractivity contribution in [2.45, 2.75) is 45.2 Å². The fraction of sp³-hybridized carbons (Fsp3) is 0.714. The van der Waals surface area contributed by atoms with E-state index >= 15 is 0 Å². The Bertz CT molecular complexity index is 447. The zero-order valence-corrected chi connectivity index (χ0v) is 12.2. The molecule has 2 aliphatic rings. The highest BCUT2D eigenvalue weighted by Crippen LogP contribution is 2.31. The van der Waals surface area contributed by atoms with Crippen molar-refractivity contribution >= 4 is 17.2 Å². The van der Waals surface area contributed by atoms with Gasteiger partial charge in [-0.2, -0.15) is 0 Å². The second-order valence-corrected chi connectivity index (χ2v) is 6.58. The Balaban J connectivity index is 1.41. The molecule has 1 aromatic rings. The summed E-state index contributed by atoms with van der Waals surface area (Å²) in [6, 6.07) is 0.535. The van der Waals surface area contributed by atoms with Gasteiger partial charge in [-0.05, 0) is 32.6 Å². The first-order chi connectivity index (χ1) is 9.22. The van der Waals surface area contributed by atoms with Gasteiger partial charge in [0, 0.05) is 42.7 Å². The molecule has 1 aliphatic heterocycles. The number of thiazole rings is 1. The molecule has 3 rings (SSSR count). The maximum atomic E-state index is 11.9. The van der Waals surface area contributed by atoms with Crippen molar-refractivity contribution in [3.05, 3.63) is 16.1 Å². The molecule has 104 valence electrons. The van der Waals surface area contributed by atoms with Crippen molar-refractivity contribution in [1.29, 1.82) is 0 Å². The molecule has 0 radical (unpaired) electrons. The van der Waals surface area contributed by atoms with Gasteiger partial charge in [-0.25, -0.2) is 4.98 Å². The smallest absolute Gasteiger partial charge is 0.225 e. The number of hydrogen-bond acceptors (Lipinski definition) is 4. The Morgan fingerprint density at radius 3 is 2.74 bits per heavy atom. The second-order valence-electron chi connectivity index (χ2n) is 5.64. The third-order valence-corrected chi connectivity index (χ3v) is 4.91. The fourth-order valence-electron chi connectivity index (χ4n) is 2.61. The zero-order valence-electron chi connectivity index (χ0n) is 11.4. The van der Waals surface area contributed by atoms with E-state index in [-0.39, 0.29) is 0 Å². The predicted molar refractivity (Wildman–Crippen MR) is 76.0 cm³/mol. The van der Waals surface area contributed by atoms with Crippen LogP contribution in [0.1, 0.15) is 36.4 Å². The highest BCUT2D eigenvalue weighted by Gasteiger charge is 2.34. The van der Waals surface area contributed by atoms with E-state index in [9.17, 15) is 4.79 Å². The Morgan fingerprint density at radius 2 is 2.16 bits per heavy atom. The number of piperidine rings is 1. The van der Waals surface area contributed by atoms with Gasteiger partial charge in [-0.15, -0.1) is 11.3 Å². The van der Waals surface area contributed by atoms with Gasteiger partial charge < -0.3 is 10.2 Å². The lowest BCUT2D eigenvalue weighted by atomic mass is 10.0. The van der Waals surface area contributed by atoms with E-state index in [0.717, 1.165) is 56.0 Å². The van der Waals surface area contributed by atoms with Crippen molar-refractivity contribution in [2.24, 2.45) is 5.92 Å². The first kappa shape index (κ1) is 13.1. The Kier molecular flexibility index (Phi) is 3.84. The average Bonchev–Trinajstić information content (AvgIpc) is 3.19. The molecule has 0 unspecified atom stereocenters. The maximum absolute atomic E-state index is 11.9. The van der Waals surface area contributed by atoms with Gasteiger partial charge in [-0.1, -0.05) is 0 Å². The summed E-state index contributed by atoms with van der Waals surface area (Å²) in [5, 5.41) is 6.82. The Hall–Kier alpha value is -0.940. The van der Waals surface area contributed by atoms with Crippen LogP contribution in [-0.4, -0.2) is 34.9 Å². The normalized spacial score (nSPS) is 20.8. The molecule has 4 nitrogen and oxygen atoms in total. The van der Waals surface area contributed by atoms with Crippen LogP contribution in [0.4, 0.5) is 0 Å². The standard InChI is InChI=1S/C14H21N3OS/c1-10-9-19-13(16-10)8-15-12-4-6-17(7-5-12)14(18)11-2-3-11/h9,11-12,15H,2-8H2,1H3. The topological polar surface area (TPSA) is 45.2 Å². The number of aryl methyl sites for hydroxylation is 1. The molecule has 1 saturated carbocycles. The highest BCUT2D eigenvalue weighted by molar-refractivity contribution is 7.09. The molecule has 0 spiro atoms. The molecular formula is C14H21N3OS. The summed E-state index contributed by atoms with van der Waals surface area (Å²) in [6.45, 7) is 4.73. The lowest BCUT2D eigenvalue weighted by Crippen LogP contribution is -2.45. The number of carbonyl (C=O) groups excluding carboxylic acids is 1. The average molecular weight is 279 g/mol. The largest absolute Gasteiger partial charge is 0.342 e. The van der Waals surface area contributed by atoms with Crippen molar-refractivity contribution in [3.8, 4) is 0 Å². The molecule has 1 saturated heterocycles. The van der Waals surface area contributed by atoms with Gasteiger partial charge in [0.05, 0.1) is 0 Å². The number of nitrogens with zero attached hydrogens (tertiary/aromatic N) is 2. The predicted octanol–water partition coefficient (Wildman–Crippen LogP) is 1.94. The maximum Gasteiger partial charge on any atom is 0.225 e. The number of rotatable bonds is 4. The van der Waals surface area contributed by atoms with Crippen LogP contribution in [0.2, 0.25) is 0 Å². The first-order valence-corrected chi connectivity index (χ1v) is 8.03. The molecule has 0 atom stereocenters. The number of hydrogen-bond donors (Lipinski definition) is 1. The zero-order chi connectivity index (χ0) is 13.2. The Labute approximate surface area is 118 Å². The van der Waals surface area contributed by atoms with Gasteiger partial charge in [0.25, 0.3) is 0 Å². The number of aromatic nitrogens is 1. The van der Waals surface area contributed by atoms with Crippen molar-refractivity contribution in [2.75, 3.05) is 13.1 Å². The van der Waals surface area contributed by atoms with Crippen molar-refractivity contribution in [1.82, 2.24) is 15.2 Å². The second kappa shape index (κ2) is 5.59. The third kappa shape index (κ3) is 3.34. The van der Waals surface area contributed by atoms with E-state index in [1.807, 2.05) is 6.92 Å². The van der Waals surface area contributed by atoms with E-state index < -0.39 is 0 Å². The van der Waals surface area contributed by atoms with E-state index in [2.05, 4.69) is 20.6 Å². The number of nitrogens with one attached hydrogen (secondary N) is 1. The minimum absolute atomic E-state index is 0.364. The van der Waals surface area contributed by atoms with Crippen LogP contribution in [0.3, 0.4) is 0 Å². The van der Waals surface area contributed by atoms with Gasteiger partial charge in [0.1, 0.15) is 5.01 Å². The summed E-state index contributed by atoms with van der Waals surface area (Å²) in [5.74, 6) is 0.761. The molecule has 19 heavy (non-hydrogen) atoms. The molecule has 1 N–H and O–H groups in total. The quantitative estimate of drug-likeness (QED) is 0.916. The van der Waals surface area contributed by atoms with Crippen LogP contribution in [-0.2, 0) is 11.3 Å². The summed E-state index contributed by atoms with van der Waals surface area (Å²) in [7, 11) is 0. The van der Waals surface area contributed by atoms with Crippen LogP contribution < -0.4 is 5.32 Å². The molecule has 0 aromatic carbocycles. The minimum atomic E-state index is 0.364. The molecule has 0 bridgehead atoms. The van der Waals surface area contributed by atoms with Gasteiger partial charge in [-0.3, -0.25) is 4.79 Å². The summed E-state index contributed by atoms with van der Waals surface area (Å²) >= 11 is 1.72. The van der Waals surface area contributed by atoms with Gasteiger partial charge in [0.15, 0.2) is 0 Å². The molecule has 1 aliphatic carbocycles. The van der Waals surface area contributed by atoms with Gasteiger partial charge >= 0.3 is 0 Å². The summed E-state index contributed by atoms with van der Waals surface area (Å²) < 4.78 is 0. The number of likely N-dealkylation sites (tertiary alicyclic amines) is 1. The molecule has 1 aromatic heterocycles. The van der Waals surface area contributed by atoms with E-state index in [1.54, 1.807) is 11.3 Å². The first-order valence-electron chi connectivity index (χ1n) is 7.15. The van der Waals surface area contributed by atoms with Crippen LogP contribution >= 0.6 is 11.3 Å². The van der Waals surface area contributed by atoms with E-state index in [1.165, 1.54) is 0 Å². The molecule has 1 amide bonds. The third-order valence-electron chi connectivity index (χ3n) is 3.94. The SMILES string of the molecule is Cc1csc(CNC2CCN(C(=O)C3CC3)CC2)n1. The monoisotopic (exact) mass is 279 g/mol. The number of amides is 1. The Morgan fingerprint density at radius 1 is 1.42 bits per heavy atom. The molecule has 2 fully saturated rings. The molecular weight excluding hydrogens is 258 g/mol. The lowest BCUT2D eigenvalue weighted by Gasteiger charge is -2.32. The van der Waals surface area contributed by atoms with Crippen molar-refractivity contribution in [3.63, 3.8) is 0 Å². The van der Waals surface area contributed by atoms with E-state index in [4.69, 9.17) is 0 Å². The van der Waals surface area contributed by atoms with E-state index in [0.29, 0.717) is 17.9 Å². The van der Waals surface area contributed by atoms with Crippen LogP contribution in [0.5, 0.6) is 0 Å². The summed E-state index contributed by atoms with van der Waals surface area (Å²) in [6.07, 6.45) is 4.37. The van der Waals surface area contributed by atoms with Crippen molar-refractivity contribution < 1.29 is 4.79 Å². The summed E-state index contributed by atoms with van der Waals surface area (Å²) in [4.78, 5) is 18.5. The minimum Gasteiger partial charge on any atom is -0.342 e. The number of carbonyl (C=O) groups is 1. The molecule has 5 heteroatoms. The van der Waals surface area contributed by atoms with Crippen LogP contribution in [0.25, 0.3) is 0 Å². The lowest BCUT2D eigenvalue weighted by molar-refractivity contribution is -0.133. The van der Waals surface area contributed by atoms with Gasteiger partial charge in [0.2, 0.25) is 5.91 Å². The van der Waals surface area contributed by atoms with Crippen LogP contribution in [0.15, 0.2) is 5.38 Å². The highest BCUT2D eigenvalue weighted by atomic mass is 32.1.